The van der Waals surface area contributed by atoms with Crippen molar-refractivity contribution >= 4 is 11.6 Å². The monoisotopic (exact) mass is 370 g/mol. The quantitative estimate of drug-likeness (QED) is 0.750. The van der Waals surface area contributed by atoms with Gasteiger partial charge >= 0.3 is 0 Å². The van der Waals surface area contributed by atoms with Crippen molar-refractivity contribution in [1.29, 1.82) is 0 Å². The van der Waals surface area contributed by atoms with Crippen molar-refractivity contribution in [3.63, 3.8) is 0 Å². The van der Waals surface area contributed by atoms with Crippen molar-refractivity contribution < 1.29 is 22.8 Å². The Morgan fingerprint density at radius 1 is 1.19 bits per heavy atom. The Hall–Kier alpha value is -3.22. The van der Waals surface area contributed by atoms with Crippen LogP contribution in [0.15, 0.2) is 47.0 Å². The van der Waals surface area contributed by atoms with Crippen molar-refractivity contribution in [3.8, 4) is 17.1 Å². The number of nitrogens with one attached hydrogen (secondary N) is 1. The standard InChI is InChI=1S/C20H16F2N2O3/c1-11-6-13-7-12(2-5-18(13)26-11)19-9-15(24-27-19)10-20(25)23-14-3-4-16(21)17(22)8-14/h2-5,7-9,11H,6,10H2,1H3,(H,23,25). The molecule has 1 aliphatic heterocycles. The van der Waals surface area contributed by atoms with E-state index < -0.39 is 17.5 Å². The highest BCUT2D eigenvalue weighted by Crippen LogP contribution is 2.33. The highest BCUT2D eigenvalue weighted by atomic mass is 19.2. The molecule has 7 heteroatoms. The summed E-state index contributed by atoms with van der Waals surface area (Å²) in [5.74, 6) is -0.975. The van der Waals surface area contributed by atoms with Gasteiger partial charge in [-0.2, -0.15) is 0 Å². The van der Waals surface area contributed by atoms with Crippen LogP contribution in [0.4, 0.5) is 14.5 Å². The summed E-state index contributed by atoms with van der Waals surface area (Å²) < 4.78 is 37.2. The number of carbonyl (C=O) groups excluding carboxylic acids is 1. The van der Waals surface area contributed by atoms with E-state index >= 15 is 0 Å². The number of halogens is 2. The Balaban J connectivity index is 1.44. The van der Waals surface area contributed by atoms with Gasteiger partial charge in [0.15, 0.2) is 17.4 Å². The first kappa shape index (κ1) is 17.2. The highest BCUT2D eigenvalue weighted by molar-refractivity contribution is 5.92. The average molecular weight is 370 g/mol. The first-order valence-electron chi connectivity index (χ1n) is 8.48. The molecule has 1 aliphatic rings. The van der Waals surface area contributed by atoms with Gasteiger partial charge in [0.1, 0.15) is 11.9 Å². The maximum atomic E-state index is 13.2. The summed E-state index contributed by atoms with van der Waals surface area (Å²) >= 11 is 0. The Morgan fingerprint density at radius 3 is 2.85 bits per heavy atom. The van der Waals surface area contributed by atoms with Crippen LogP contribution in [0.1, 0.15) is 18.2 Å². The minimum atomic E-state index is -1.02. The van der Waals surface area contributed by atoms with Gasteiger partial charge in [0, 0.05) is 29.8 Å². The number of hydrogen-bond acceptors (Lipinski definition) is 4. The van der Waals surface area contributed by atoms with Gasteiger partial charge in [0.2, 0.25) is 5.91 Å². The van der Waals surface area contributed by atoms with Gasteiger partial charge in [-0.1, -0.05) is 5.16 Å². The number of fused-ring (bicyclic) bond motifs is 1. The maximum Gasteiger partial charge on any atom is 0.230 e. The van der Waals surface area contributed by atoms with Gasteiger partial charge in [-0.15, -0.1) is 0 Å². The molecule has 3 aromatic rings. The minimum Gasteiger partial charge on any atom is -0.490 e. The summed E-state index contributed by atoms with van der Waals surface area (Å²) in [4.78, 5) is 12.1. The fraction of sp³-hybridized carbons (Fsp3) is 0.200. The fourth-order valence-electron chi connectivity index (χ4n) is 3.05. The lowest BCUT2D eigenvalue weighted by atomic mass is 10.1. The molecule has 0 bridgehead atoms. The number of amides is 1. The number of aromatic nitrogens is 1. The first-order valence-corrected chi connectivity index (χ1v) is 8.48. The van der Waals surface area contributed by atoms with Gasteiger partial charge in [0.05, 0.1) is 12.1 Å². The maximum absolute atomic E-state index is 13.2. The Morgan fingerprint density at radius 2 is 2.04 bits per heavy atom. The Labute approximate surface area is 153 Å². The molecule has 0 saturated carbocycles. The van der Waals surface area contributed by atoms with Crippen molar-refractivity contribution in [3.05, 3.63) is 65.4 Å². The van der Waals surface area contributed by atoms with Crippen LogP contribution in [-0.2, 0) is 17.6 Å². The highest BCUT2D eigenvalue weighted by Gasteiger charge is 2.20. The van der Waals surface area contributed by atoms with E-state index in [0.717, 1.165) is 35.4 Å². The third-order valence-corrected chi connectivity index (χ3v) is 4.28. The van der Waals surface area contributed by atoms with Crippen LogP contribution >= 0.6 is 0 Å². The van der Waals surface area contributed by atoms with Crippen molar-refractivity contribution in [2.45, 2.75) is 25.9 Å². The van der Waals surface area contributed by atoms with E-state index in [1.54, 1.807) is 6.07 Å². The topological polar surface area (TPSA) is 64.4 Å². The van der Waals surface area contributed by atoms with Crippen molar-refractivity contribution in [1.82, 2.24) is 5.16 Å². The van der Waals surface area contributed by atoms with Gasteiger partial charge < -0.3 is 14.6 Å². The molecule has 0 saturated heterocycles. The molecule has 1 unspecified atom stereocenters. The summed E-state index contributed by atoms with van der Waals surface area (Å²) in [5, 5.41) is 6.42. The van der Waals surface area contributed by atoms with E-state index in [4.69, 9.17) is 9.26 Å². The minimum absolute atomic E-state index is 0.0480. The van der Waals surface area contributed by atoms with Gasteiger partial charge in [0.25, 0.3) is 0 Å². The summed E-state index contributed by atoms with van der Waals surface area (Å²) in [6, 6.07) is 10.6. The molecule has 0 radical (unpaired) electrons. The average Bonchev–Trinajstić information content (AvgIpc) is 3.22. The van der Waals surface area contributed by atoms with Crippen LogP contribution in [0, 0.1) is 11.6 Å². The van der Waals surface area contributed by atoms with E-state index in [2.05, 4.69) is 10.5 Å². The van der Waals surface area contributed by atoms with E-state index in [9.17, 15) is 13.6 Å². The summed E-state index contributed by atoms with van der Waals surface area (Å²) in [6.45, 7) is 2.01. The third-order valence-electron chi connectivity index (χ3n) is 4.28. The number of ether oxygens (including phenoxy) is 1. The largest absolute Gasteiger partial charge is 0.490 e. The molecule has 1 N–H and O–H groups in total. The molecule has 2 heterocycles. The molecule has 0 fully saturated rings. The number of rotatable bonds is 4. The first-order chi connectivity index (χ1) is 13.0. The molecular weight excluding hydrogens is 354 g/mol. The number of nitrogens with zero attached hydrogens (tertiary/aromatic N) is 1. The fourth-order valence-corrected chi connectivity index (χ4v) is 3.05. The summed E-state index contributed by atoms with van der Waals surface area (Å²) in [6.07, 6.45) is 0.939. The molecule has 2 aromatic carbocycles. The normalized spacial score (nSPS) is 15.3. The van der Waals surface area contributed by atoms with Crippen LogP contribution in [0.5, 0.6) is 5.75 Å². The second kappa shape index (κ2) is 6.83. The zero-order valence-electron chi connectivity index (χ0n) is 14.5. The number of hydrogen-bond donors (Lipinski definition) is 1. The lowest BCUT2D eigenvalue weighted by molar-refractivity contribution is -0.115. The predicted octanol–water partition coefficient (Wildman–Crippen LogP) is 4.12. The molecule has 27 heavy (non-hydrogen) atoms. The zero-order chi connectivity index (χ0) is 19.0. The second-order valence-electron chi connectivity index (χ2n) is 6.49. The van der Waals surface area contributed by atoms with Crippen molar-refractivity contribution in [2.75, 3.05) is 5.32 Å². The van der Waals surface area contributed by atoms with Crippen LogP contribution in [0.25, 0.3) is 11.3 Å². The lowest BCUT2D eigenvalue weighted by Crippen LogP contribution is -2.14. The molecule has 0 spiro atoms. The molecule has 5 nitrogen and oxygen atoms in total. The molecule has 1 atom stereocenters. The van der Waals surface area contributed by atoms with Crippen LogP contribution in [-0.4, -0.2) is 17.2 Å². The van der Waals surface area contributed by atoms with Crippen molar-refractivity contribution in [2.24, 2.45) is 0 Å². The smallest absolute Gasteiger partial charge is 0.230 e. The lowest BCUT2D eigenvalue weighted by Gasteiger charge is -2.04. The molecule has 138 valence electrons. The van der Waals surface area contributed by atoms with Crippen LogP contribution in [0.2, 0.25) is 0 Å². The van der Waals surface area contributed by atoms with Crippen LogP contribution < -0.4 is 10.1 Å². The van der Waals surface area contributed by atoms with Gasteiger partial charge in [-0.05, 0) is 42.8 Å². The zero-order valence-corrected chi connectivity index (χ0v) is 14.5. The number of anilines is 1. The van der Waals surface area contributed by atoms with Crippen LogP contribution in [0.3, 0.4) is 0 Å². The van der Waals surface area contributed by atoms with Gasteiger partial charge in [-0.25, -0.2) is 8.78 Å². The number of benzene rings is 2. The molecular formula is C20H16F2N2O3. The van der Waals surface area contributed by atoms with E-state index in [1.165, 1.54) is 6.07 Å². The second-order valence-corrected chi connectivity index (χ2v) is 6.49. The van der Waals surface area contributed by atoms with Gasteiger partial charge in [-0.3, -0.25) is 4.79 Å². The van der Waals surface area contributed by atoms with E-state index in [1.807, 2.05) is 25.1 Å². The third kappa shape index (κ3) is 3.67. The number of carbonyl (C=O) groups is 1. The molecule has 1 amide bonds. The predicted molar refractivity (Wildman–Crippen MR) is 94.4 cm³/mol. The summed E-state index contributed by atoms with van der Waals surface area (Å²) in [7, 11) is 0. The molecule has 1 aromatic heterocycles. The Bertz CT molecular complexity index is 1020. The molecule has 4 rings (SSSR count). The molecule has 0 aliphatic carbocycles. The summed E-state index contributed by atoms with van der Waals surface area (Å²) in [5.41, 5.74) is 2.57. The van der Waals surface area contributed by atoms with E-state index in [0.29, 0.717) is 11.5 Å². The Kier molecular flexibility index (Phi) is 4.35. The van der Waals surface area contributed by atoms with E-state index in [-0.39, 0.29) is 18.2 Å². The SMILES string of the molecule is CC1Cc2cc(-c3cc(CC(=O)Nc4ccc(F)c(F)c4)no3)ccc2O1.